The van der Waals surface area contributed by atoms with E-state index >= 15 is 0 Å². The molecule has 238 valence electrons. The number of nitro groups is 1. The Bertz CT molecular complexity index is 1660. The summed E-state index contributed by atoms with van der Waals surface area (Å²) in [7, 11) is 0. The second-order valence-electron chi connectivity index (χ2n) is 10.0. The lowest BCUT2D eigenvalue weighted by Crippen LogP contribution is -2.75. The molecule has 3 aromatic rings. The molecule has 1 amide bonds. The molecule has 0 radical (unpaired) electrons. The molecule has 15 heteroatoms. The number of esters is 2. The molecule has 1 saturated heterocycles. The van der Waals surface area contributed by atoms with E-state index in [1.165, 1.54) is 12.1 Å². The SMILES string of the molecule is CC(=O)OCC1=C(C(=O)OC(c2ccccc2)c2ccccc2)N2C(=O)[C@@](N=Cc3ccc([N+](=O)[O-])cc3)(OC(F)(F)F)[C@H]2SC1. The molecule has 3 aromatic carbocycles. The van der Waals surface area contributed by atoms with Crippen LogP contribution in [0.2, 0.25) is 0 Å². The van der Waals surface area contributed by atoms with Crippen LogP contribution in [0.4, 0.5) is 18.9 Å². The smallest absolute Gasteiger partial charge is 0.461 e. The van der Waals surface area contributed by atoms with Crippen molar-refractivity contribution in [3.8, 4) is 0 Å². The van der Waals surface area contributed by atoms with Crippen LogP contribution >= 0.6 is 11.8 Å². The maximum Gasteiger partial charge on any atom is 0.525 e. The van der Waals surface area contributed by atoms with Gasteiger partial charge < -0.3 is 9.47 Å². The highest BCUT2D eigenvalue weighted by molar-refractivity contribution is 8.00. The van der Waals surface area contributed by atoms with Crippen LogP contribution in [0.1, 0.15) is 29.7 Å². The molecule has 11 nitrogen and oxygen atoms in total. The van der Waals surface area contributed by atoms with Crippen LogP contribution < -0.4 is 0 Å². The van der Waals surface area contributed by atoms with Gasteiger partial charge >= 0.3 is 18.3 Å². The van der Waals surface area contributed by atoms with Gasteiger partial charge in [0.15, 0.2) is 6.10 Å². The standard InChI is InChI=1S/C31H24F3N3O8S/c1-19(38)43-17-23-18-46-29-30(45-31(32,33)34,35-16-20-12-14-24(15-13-20)37(41)42)28(40)36(29)25(23)27(39)44-26(21-8-4-2-5-9-21)22-10-6-3-7-11-22/h2-16,26,29H,17-18H2,1H3/t29-,30-/m1/s1. The van der Waals surface area contributed by atoms with Gasteiger partial charge in [0.1, 0.15) is 17.7 Å². The van der Waals surface area contributed by atoms with Gasteiger partial charge in [-0.15, -0.1) is 24.9 Å². The number of fused-ring (bicyclic) bond motifs is 1. The summed E-state index contributed by atoms with van der Waals surface area (Å²) in [6.45, 7) is 0.714. The van der Waals surface area contributed by atoms with Crippen molar-refractivity contribution in [3.05, 3.63) is 123 Å². The number of benzene rings is 3. The van der Waals surface area contributed by atoms with Gasteiger partial charge in [0.2, 0.25) is 0 Å². The molecule has 5 rings (SSSR count). The summed E-state index contributed by atoms with van der Waals surface area (Å²) in [5.74, 6) is -3.18. The van der Waals surface area contributed by atoms with Crippen LogP contribution in [-0.2, 0) is 28.6 Å². The molecular weight excluding hydrogens is 631 g/mol. The molecule has 2 aliphatic rings. The summed E-state index contributed by atoms with van der Waals surface area (Å²) in [4.78, 5) is 54.3. The Morgan fingerprint density at radius 3 is 2.17 bits per heavy atom. The lowest BCUT2D eigenvalue weighted by atomic mass is 9.98. The number of non-ortho nitro benzene ring substituents is 1. The fraction of sp³-hybridized carbons (Fsp3) is 0.226. The average molecular weight is 656 g/mol. The first-order valence-corrected chi connectivity index (χ1v) is 14.6. The molecule has 2 atom stereocenters. The number of alkyl halides is 3. The maximum atomic E-state index is 13.9. The Kier molecular flexibility index (Phi) is 9.25. The third kappa shape index (κ3) is 6.79. The third-order valence-electron chi connectivity index (χ3n) is 6.94. The molecule has 0 spiro atoms. The van der Waals surface area contributed by atoms with E-state index in [1.807, 2.05) is 0 Å². The van der Waals surface area contributed by atoms with Crippen LogP contribution in [-0.4, -0.2) is 63.7 Å². The van der Waals surface area contributed by atoms with Crippen molar-refractivity contribution >= 4 is 41.5 Å². The van der Waals surface area contributed by atoms with Crippen molar-refractivity contribution < 1.29 is 46.7 Å². The summed E-state index contributed by atoms with van der Waals surface area (Å²) in [6, 6.07) is 22.1. The minimum absolute atomic E-state index is 0.134. The van der Waals surface area contributed by atoms with Gasteiger partial charge in [0, 0.05) is 36.6 Å². The zero-order valence-corrected chi connectivity index (χ0v) is 24.7. The summed E-state index contributed by atoms with van der Waals surface area (Å²) in [5, 5.41) is 9.49. The zero-order chi connectivity index (χ0) is 33.1. The first-order valence-electron chi connectivity index (χ1n) is 13.6. The number of hydrogen-bond donors (Lipinski definition) is 0. The van der Waals surface area contributed by atoms with Crippen LogP contribution in [0.25, 0.3) is 0 Å². The Balaban J connectivity index is 1.52. The molecule has 1 fully saturated rings. The number of nitrogens with zero attached hydrogens (tertiary/aromatic N) is 3. The van der Waals surface area contributed by atoms with Gasteiger partial charge in [-0.2, -0.15) is 0 Å². The van der Waals surface area contributed by atoms with Crippen LogP contribution in [0, 0.1) is 10.1 Å². The topological polar surface area (TPSA) is 138 Å². The minimum atomic E-state index is -5.32. The predicted molar refractivity (Wildman–Crippen MR) is 158 cm³/mol. The summed E-state index contributed by atoms with van der Waals surface area (Å²) in [5.41, 5.74) is -2.02. The number of carbonyl (C=O) groups excluding carboxylic acids is 3. The number of ether oxygens (including phenoxy) is 3. The Hall–Kier alpha value is -5.02. The minimum Gasteiger partial charge on any atom is -0.461 e. The molecule has 0 saturated carbocycles. The number of nitro benzene ring substituents is 1. The number of amides is 1. The van der Waals surface area contributed by atoms with Gasteiger partial charge in [0.25, 0.3) is 17.3 Å². The third-order valence-corrected chi connectivity index (χ3v) is 8.30. The maximum absolute atomic E-state index is 13.9. The number of halogens is 3. The summed E-state index contributed by atoms with van der Waals surface area (Å²) >= 11 is 0.819. The number of β-lactam (4-membered cyclic amide) rings is 1. The molecule has 2 heterocycles. The Morgan fingerprint density at radius 1 is 1.07 bits per heavy atom. The largest absolute Gasteiger partial charge is 0.525 e. The number of thioether (sulfide) groups is 1. The van der Waals surface area contributed by atoms with E-state index in [4.69, 9.17) is 9.47 Å². The summed E-state index contributed by atoms with van der Waals surface area (Å²) in [6.07, 6.45) is -5.34. The molecule has 0 aromatic heterocycles. The van der Waals surface area contributed by atoms with Gasteiger partial charge in [-0.3, -0.25) is 29.3 Å². The second-order valence-corrected chi connectivity index (χ2v) is 11.1. The van der Waals surface area contributed by atoms with Crippen molar-refractivity contribution in [3.63, 3.8) is 0 Å². The highest BCUT2D eigenvalue weighted by Gasteiger charge is 2.69. The van der Waals surface area contributed by atoms with Crippen molar-refractivity contribution in [1.29, 1.82) is 0 Å². The molecule has 0 unspecified atom stereocenters. The van der Waals surface area contributed by atoms with Crippen molar-refractivity contribution in [2.75, 3.05) is 12.4 Å². The van der Waals surface area contributed by atoms with Gasteiger partial charge in [0.05, 0.1) is 4.92 Å². The van der Waals surface area contributed by atoms with E-state index in [9.17, 15) is 37.7 Å². The monoisotopic (exact) mass is 655 g/mol. The fourth-order valence-corrected chi connectivity index (χ4v) is 6.24. The van der Waals surface area contributed by atoms with E-state index in [-0.39, 0.29) is 22.6 Å². The quantitative estimate of drug-likeness (QED) is 0.0935. The number of aliphatic imine (C=N–C) groups is 1. The highest BCUT2D eigenvalue weighted by Crippen LogP contribution is 2.51. The van der Waals surface area contributed by atoms with Crippen LogP contribution in [0.3, 0.4) is 0 Å². The van der Waals surface area contributed by atoms with Crippen molar-refractivity contribution in [2.24, 2.45) is 4.99 Å². The number of rotatable bonds is 10. The lowest BCUT2D eigenvalue weighted by molar-refractivity contribution is -0.384. The molecule has 0 bridgehead atoms. The number of hydrogen-bond acceptors (Lipinski definition) is 10. The first-order chi connectivity index (χ1) is 21.9. The molecule has 0 aliphatic carbocycles. The van der Waals surface area contributed by atoms with Gasteiger partial charge in [-0.05, 0) is 28.8 Å². The van der Waals surface area contributed by atoms with Gasteiger partial charge in [-0.25, -0.2) is 9.79 Å². The Morgan fingerprint density at radius 2 is 1.65 bits per heavy atom. The van der Waals surface area contributed by atoms with Gasteiger partial charge in [-0.1, -0.05) is 60.7 Å². The van der Waals surface area contributed by atoms with E-state index in [0.717, 1.165) is 41.9 Å². The van der Waals surface area contributed by atoms with Crippen molar-refractivity contribution in [2.45, 2.75) is 30.5 Å². The first kappa shape index (κ1) is 32.4. The van der Waals surface area contributed by atoms with Crippen LogP contribution in [0.5, 0.6) is 0 Å². The van der Waals surface area contributed by atoms with E-state index in [1.54, 1.807) is 60.7 Å². The average Bonchev–Trinajstić information content (AvgIpc) is 3.04. The van der Waals surface area contributed by atoms with E-state index in [0.29, 0.717) is 11.1 Å². The Labute approximate surface area is 263 Å². The highest BCUT2D eigenvalue weighted by atomic mass is 32.2. The molecule has 0 N–H and O–H groups in total. The second kappa shape index (κ2) is 13.1. The molecule has 2 aliphatic heterocycles. The van der Waals surface area contributed by atoms with Crippen LogP contribution in [0.15, 0.2) is 101 Å². The molecule has 46 heavy (non-hydrogen) atoms. The molecular formula is C31H24F3N3O8S. The summed E-state index contributed by atoms with van der Waals surface area (Å²) < 4.78 is 56.6. The lowest BCUT2D eigenvalue weighted by Gasteiger charge is -2.54. The fourth-order valence-electron chi connectivity index (χ4n) is 4.87. The number of carbonyl (C=O) groups is 3. The van der Waals surface area contributed by atoms with Crippen molar-refractivity contribution in [1.82, 2.24) is 4.90 Å². The zero-order valence-electron chi connectivity index (χ0n) is 23.9. The van der Waals surface area contributed by atoms with E-state index in [2.05, 4.69) is 9.73 Å². The predicted octanol–water partition coefficient (Wildman–Crippen LogP) is 5.31. The van der Waals surface area contributed by atoms with E-state index < -0.39 is 58.6 Å². The normalized spacial score (nSPS) is 19.5.